The van der Waals surface area contributed by atoms with E-state index in [1.54, 1.807) is 30.6 Å². The number of rotatable bonds is 12. The van der Waals surface area contributed by atoms with Gasteiger partial charge in [0.05, 0.1) is 11.7 Å². The molecule has 1 unspecified atom stereocenters. The lowest BCUT2D eigenvalue weighted by molar-refractivity contribution is -0.145. The van der Waals surface area contributed by atoms with Gasteiger partial charge in [0.2, 0.25) is 15.7 Å². The van der Waals surface area contributed by atoms with Crippen LogP contribution in [0.5, 0.6) is 0 Å². The molecule has 5 N–H and O–H groups in total. The summed E-state index contributed by atoms with van der Waals surface area (Å²) in [6, 6.07) is 10.0. The molecule has 0 aliphatic carbocycles. The second kappa shape index (κ2) is 11.0. The molecule has 14 heteroatoms. The number of hydrogen-bond acceptors (Lipinski definition) is 9. The number of sulfonamides is 1. The van der Waals surface area contributed by atoms with Crippen molar-refractivity contribution in [2.75, 3.05) is 11.9 Å². The predicted molar refractivity (Wildman–Crippen MR) is 137 cm³/mol. The summed E-state index contributed by atoms with van der Waals surface area (Å²) in [6.45, 7) is 3.28. The minimum atomic E-state index is -4.46. The molecule has 1 amide bonds. The number of aliphatic carboxylic acids is 1. The Morgan fingerprint density at radius 1 is 1.16 bits per heavy atom. The number of aryl methyl sites for hydroxylation is 2. The molecule has 3 aromatic heterocycles. The van der Waals surface area contributed by atoms with E-state index in [0.29, 0.717) is 24.3 Å². The van der Waals surface area contributed by atoms with E-state index in [-0.39, 0.29) is 34.8 Å². The lowest BCUT2D eigenvalue weighted by atomic mass is 10.0. The number of unbranched alkanes of at least 4 members (excludes halogenated alkanes) is 1. The molecule has 38 heavy (non-hydrogen) atoms. The molecule has 0 saturated heterocycles. The maximum atomic E-state index is 13.3. The topological polar surface area (TPSA) is 192 Å². The highest BCUT2D eigenvalue weighted by Crippen LogP contribution is 2.23. The van der Waals surface area contributed by atoms with Crippen LogP contribution < -0.4 is 15.4 Å². The Balaban J connectivity index is 1.59. The number of carboxylic acids is 1. The summed E-state index contributed by atoms with van der Waals surface area (Å²) in [4.78, 5) is 29.7. The van der Waals surface area contributed by atoms with E-state index >= 15 is 0 Å². The predicted octanol–water partition coefficient (Wildman–Crippen LogP) is 2.33. The van der Waals surface area contributed by atoms with E-state index in [9.17, 15) is 23.1 Å². The van der Waals surface area contributed by atoms with E-state index in [1.165, 1.54) is 26.0 Å². The smallest absolute Gasteiger partial charge is 0.345 e. The van der Waals surface area contributed by atoms with Crippen LogP contribution in [-0.2, 0) is 14.8 Å². The maximum absolute atomic E-state index is 13.3. The number of aromatic nitrogens is 4. The van der Waals surface area contributed by atoms with Crippen LogP contribution >= 0.6 is 0 Å². The molecule has 0 aliphatic heterocycles. The average Bonchev–Trinajstić information content (AvgIpc) is 3.49. The molecule has 1 atom stereocenters. The van der Waals surface area contributed by atoms with E-state index < -0.39 is 27.6 Å². The van der Waals surface area contributed by atoms with Gasteiger partial charge in [-0.15, -0.1) is 0 Å². The molecule has 200 valence electrons. The third-order valence-corrected chi connectivity index (χ3v) is 7.63. The average molecular weight is 542 g/mol. The van der Waals surface area contributed by atoms with Crippen LogP contribution in [0.3, 0.4) is 0 Å². The first kappa shape index (κ1) is 26.8. The van der Waals surface area contributed by atoms with Gasteiger partial charge >= 0.3 is 5.97 Å². The number of carbonyl (C=O) groups is 2. The number of nitrogens with one attached hydrogen (secondary N) is 4. The van der Waals surface area contributed by atoms with Gasteiger partial charge in [-0.2, -0.15) is 9.82 Å². The van der Waals surface area contributed by atoms with E-state index in [2.05, 4.69) is 35.7 Å². The number of nitrogens with zero attached hydrogens (tertiary/aromatic N) is 3. The van der Waals surface area contributed by atoms with Crippen molar-refractivity contribution in [3.63, 3.8) is 0 Å². The maximum Gasteiger partial charge on any atom is 0.345 e. The van der Waals surface area contributed by atoms with Crippen LogP contribution in [0.25, 0.3) is 10.9 Å². The highest BCUT2D eigenvalue weighted by Gasteiger charge is 2.45. The SMILES string of the molecule is Cc1noc(C)c1S(=O)(=O)NC(CCCCNc1ccccn1)(NC(=O)c1ccc2cn[nH]c2c1)C(=O)O. The lowest BCUT2D eigenvalue weighted by Gasteiger charge is -2.31. The number of carbonyl (C=O) groups excluding carboxylic acids is 1. The fourth-order valence-corrected chi connectivity index (χ4v) is 5.67. The minimum absolute atomic E-state index is 0.00938. The summed E-state index contributed by atoms with van der Waals surface area (Å²) in [7, 11) is -4.46. The van der Waals surface area contributed by atoms with Gasteiger partial charge in [-0.05, 0) is 57.4 Å². The Bertz CT molecular complexity index is 1530. The minimum Gasteiger partial charge on any atom is -0.478 e. The number of fused-ring (bicyclic) bond motifs is 1. The second-order valence-electron chi connectivity index (χ2n) is 8.69. The third-order valence-electron chi connectivity index (χ3n) is 5.89. The third kappa shape index (κ3) is 5.81. The van der Waals surface area contributed by atoms with Crippen molar-refractivity contribution in [1.29, 1.82) is 0 Å². The molecule has 4 rings (SSSR count). The quantitative estimate of drug-likeness (QED) is 0.131. The van der Waals surface area contributed by atoms with Crippen molar-refractivity contribution in [2.24, 2.45) is 0 Å². The Morgan fingerprint density at radius 3 is 2.66 bits per heavy atom. The molecule has 0 spiro atoms. The number of amides is 1. The largest absolute Gasteiger partial charge is 0.478 e. The lowest BCUT2D eigenvalue weighted by Crippen LogP contribution is -2.65. The number of hydrogen-bond donors (Lipinski definition) is 5. The van der Waals surface area contributed by atoms with Crippen LogP contribution in [0.15, 0.2) is 58.2 Å². The fraction of sp³-hybridized carbons (Fsp3) is 0.292. The second-order valence-corrected chi connectivity index (χ2v) is 10.3. The molecule has 13 nitrogen and oxygen atoms in total. The summed E-state index contributed by atoms with van der Waals surface area (Å²) >= 11 is 0. The highest BCUT2D eigenvalue weighted by atomic mass is 32.2. The number of anilines is 1. The van der Waals surface area contributed by atoms with Crippen molar-refractivity contribution in [3.8, 4) is 0 Å². The van der Waals surface area contributed by atoms with E-state index in [1.807, 2.05) is 6.07 Å². The molecule has 0 saturated carbocycles. The standard InChI is InChI=1S/C24H27N7O6S/c1-15-21(16(2)37-30-15)38(35,36)31-24(23(33)34,10-4-6-12-26-20-7-3-5-11-25-20)28-22(32)17-8-9-18-14-27-29-19(18)13-17/h3,5,7-9,11,13-14,31H,4,6,10,12H2,1-2H3,(H,25,26)(H,27,29)(H,28,32)(H,33,34). The first-order valence-corrected chi connectivity index (χ1v) is 13.2. The Hall–Kier alpha value is -4.30. The fourth-order valence-electron chi connectivity index (χ4n) is 4.02. The first-order valence-electron chi connectivity index (χ1n) is 11.7. The zero-order valence-electron chi connectivity index (χ0n) is 20.7. The molecule has 0 radical (unpaired) electrons. The number of aromatic amines is 1. The number of carboxylic acid groups (broad SMARTS) is 1. The zero-order valence-corrected chi connectivity index (χ0v) is 21.5. The molecule has 3 heterocycles. The van der Waals surface area contributed by atoms with Crippen LogP contribution in [0.2, 0.25) is 0 Å². The Morgan fingerprint density at radius 2 is 1.97 bits per heavy atom. The molecule has 0 fully saturated rings. The van der Waals surface area contributed by atoms with Crippen molar-refractivity contribution in [3.05, 3.63) is 65.8 Å². The Labute approximate surface area is 218 Å². The van der Waals surface area contributed by atoms with Gasteiger partial charge in [-0.1, -0.05) is 17.3 Å². The van der Waals surface area contributed by atoms with Crippen molar-refractivity contribution < 1.29 is 27.6 Å². The van der Waals surface area contributed by atoms with Gasteiger partial charge in [-0.25, -0.2) is 18.2 Å². The number of benzene rings is 1. The molecule has 4 aromatic rings. The van der Waals surface area contributed by atoms with Crippen LogP contribution in [0, 0.1) is 13.8 Å². The molecule has 1 aromatic carbocycles. The van der Waals surface area contributed by atoms with Gasteiger partial charge in [0.15, 0.2) is 5.76 Å². The summed E-state index contributed by atoms with van der Waals surface area (Å²) in [6.07, 6.45) is 3.68. The molecular formula is C24H27N7O6S. The van der Waals surface area contributed by atoms with Crippen LogP contribution in [-0.4, -0.2) is 57.9 Å². The van der Waals surface area contributed by atoms with Crippen molar-refractivity contribution in [2.45, 2.75) is 43.7 Å². The van der Waals surface area contributed by atoms with Gasteiger partial charge in [0, 0.05) is 23.7 Å². The summed E-state index contributed by atoms with van der Waals surface area (Å²) in [5.41, 5.74) is -1.61. The first-order chi connectivity index (χ1) is 18.1. The van der Waals surface area contributed by atoms with Crippen molar-refractivity contribution in [1.82, 2.24) is 30.4 Å². The van der Waals surface area contributed by atoms with Crippen LogP contribution in [0.1, 0.15) is 41.1 Å². The van der Waals surface area contributed by atoms with Gasteiger partial charge < -0.3 is 20.3 Å². The van der Waals surface area contributed by atoms with Gasteiger partial charge in [0.1, 0.15) is 16.4 Å². The zero-order chi connectivity index (χ0) is 27.3. The molecular weight excluding hydrogens is 514 g/mol. The summed E-state index contributed by atoms with van der Waals surface area (Å²) in [5.74, 6) is -1.71. The van der Waals surface area contributed by atoms with Gasteiger partial charge in [-0.3, -0.25) is 9.89 Å². The van der Waals surface area contributed by atoms with Crippen LogP contribution in [0.4, 0.5) is 5.82 Å². The van der Waals surface area contributed by atoms with Gasteiger partial charge in [0.25, 0.3) is 5.91 Å². The number of pyridine rings is 1. The molecule has 0 aliphatic rings. The van der Waals surface area contributed by atoms with E-state index in [0.717, 1.165) is 5.39 Å². The molecule has 0 bridgehead atoms. The monoisotopic (exact) mass is 541 g/mol. The summed E-state index contributed by atoms with van der Waals surface area (Å²) in [5, 5.41) is 26.9. The normalized spacial score (nSPS) is 13.2. The van der Waals surface area contributed by atoms with Crippen molar-refractivity contribution >= 4 is 38.6 Å². The van der Waals surface area contributed by atoms with E-state index in [4.69, 9.17) is 4.52 Å². The summed E-state index contributed by atoms with van der Waals surface area (Å²) < 4.78 is 33.8. The highest BCUT2D eigenvalue weighted by molar-refractivity contribution is 7.89. The number of H-pyrrole nitrogens is 1. The Kier molecular flexibility index (Phi) is 7.73.